The number of allylic oxidation sites excluding steroid dienone is 4. The average Bonchev–Trinajstić information content (AvgIpc) is 2.82. The van der Waals surface area contributed by atoms with Crippen molar-refractivity contribution in [2.75, 3.05) is 11.9 Å². The molecule has 0 spiro atoms. The van der Waals surface area contributed by atoms with Crippen molar-refractivity contribution in [3.8, 4) is 5.75 Å². The summed E-state index contributed by atoms with van der Waals surface area (Å²) in [6.07, 6.45) is 4.24. The molecule has 0 fully saturated rings. The number of ether oxygens (including phenoxy) is 1. The molecule has 8 heteroatoms. The van der Waals surface area contributed by atoms with E-state index in [9.17, 15) is 14.4 Å². The first kappa shape index (κ1) is 25.0. The molecule has 5 rings (SSSR count). The zero-order chi connectivity index (χ0) is 25.4. The molecule has 2 aromatic carbocycles. The number of Topliss-reactive ketones (excluding diaryl/α,β-unsaturated/α-hetero) is 2. The molecule has 1 amide bonds. The number of benzene rings is 2. The van der Waals surface area contributed by atoms with Gasteiger partial charge in [0.2, 0.25) is 0 Å². The summed E-state index contributed by atoms with van der Waals surface area (Å²) in [4.78, 5) is 38.6. The van der Waals surface area contributed by atoms with Crippen molar-refractivity contribution < 1.29 is 19.1 Å². The van der Waals surface area contributed by atoms with Crippen molar-refractivity contribution in [1.82, 2.24) is 5.32 Å². The van der Waals surface area contributed by atoms with Crippen LogP contribution < -0.4 is 15.4 Å². The lowest BCUT2D eigenvalue weighted by molar-refractivity contribution is -0.118. The molecular weight excluding hydrogens is 588 g/mol. The summed E-state index contributed by atoms with van der Waals surface area (Å²) in [6.45, 7) is 1.80. The Labute approximate surface area is 226 Å². The van der Waals surface area contributed by atoms with Crippen molar-refractivity contribution >= 4 is 55.0 Å². The second kappa shape index (κ2) is 10.3. The molecule has 2 aliphatic carbocycles. The lowest BCUT2D eigenvalue weighted by Crippen LogP contribution is -2.36. The van der Waals surface area contributed by atoms with Gasteiger partial charge in [0.1, 0.15) is 5.75 Å². The van der Waals surface area contributed by atoms with Gasteiger partial charge in [-0.1, -0.05) is 12.1 Å². The van der Waals surface area contributed by atoms with E-state index in [1.54, 1.807) is 0 Å². The van der Waals surface area contributed by atoms with Crippen LogP contribution in [0.3, 0.4) is 0 Å². The predicted octanol–water partition coefficient (Wildman–Crippen LogP) is 6.24. The highest BCUT2D eigenvalue weighted by Crippen LogP contribution is 2.47. The second-order valence-corrected chi connectivity index (χ2v) is 11.1. The number of aryl methyl sites for hydroxylation is 1. The van der Waals surface area contributed by atoms with E-state index in [4.69, 9.17) is 4.74 Å². The topological polar surface area (TPSA) is 84.5 Å². The predicted molar refractivity (Wildman–Crippen MR) is 145 cm³/mol. The number of hydrogen-bond donors (Lipinski definition) is 2. The normalized spacial score (nSPS) is 18.0. The van der Waals surface area contributed by atoms with Crippen LogP contribution in [0.4, 0.5) is 5.69 Å². The fraction of sp³-hybridized carbons (Fsp3) is 0.321. The summed E-state index contributed by atoms with van der Waals surface area (Å²) in [5, 5.41) is 6.28. The lowest BCUT2D eigenvalue weighted by Gasteiger charge is -2.37. The van der Waals surface area contributed by atoms with Gasteiger partial charge in [-0.25, -0.2) is 0 Å². The Balaban J connectivity index is 1.42. The number of nitrogens with one attached hydrogen (secondary N) is 2. The monoisotopic (exact) mass is 612 g/mol. The fourth-order valence-corrected chi connectivity index (χ4v) is 6.71. The Morgan fingerprint density at radius 3 is 2.17 bits per heavy atom. The minimum Gasteiger partial charge on any atom is -0.481 e. The molecule has 0 saturated heterocycles. The third-order valence-corrected chi connectivity index (χ3v) is 7.97. The first-order valence-corrected chi connectivity index (χ1v) is 13.7. The van der Waals surface area contributed by atoms with Gasteiger partial charge >= 0.3 is 0 Å². The third-order valence-electron chi connectivity index (χ3n) is 6.79. The molecule has 1 aliphatic heterocycles. The summed E-state index contributed by atoms with van der Waals surface area (Å²) >= 11 is 7.19. The maximum absolute atomic E-state index is 13.1. The largest absolute Gasteiger partial charge is 0.481 e. The van der Waals surface area contributed by atoms with Crippen molar-refractivity contribution in [2.45, 2.75) is 51.4 Å². The van der Waals surface area contributed by atoms with E-state index in [-0.39, 0.29) is 24.1 Å². The molecule has 0 radical (unpaired) electrons. The van der Waals surface area contributed by atoms with Gasteiger partial charge in [-0.05, 0) is 99.9 Å². The SMILES string of the molecule is Cc1cccc(NC(=O)COc2c(Br)cc(C3C4=C(CCCC4=O)NC4=C3C(=O)CCC4)cc2Br)c1. The van der Waals surface area contributed by atoms with Gasteiger partial charge in [0.15, 0.2) is 18.2 Å². The van der Waals surface area contributed by atoms with Crippen LogP contribution in [-0.4, -0.2) is 24.1 Å². The van der Waals surface area contributed by atoms with Gasteiger partial charge in [0.25, 0.3) is 5.91 Å². The number of anilines is 1. The maximum atomic E-state index is 13.1. The van der Waals surface area contributed by atoms with E-state index in [0.717, 1.165) is 48.2 Å². The van der Waals surface area contributed by atoms with Gasteiger partial charge in [-0.15, -0.1) is 0 Å². The summed E-state index contributed by atoms with van der Waals surface area (Å²) in [5.41, 5.74) is 5.93. The van der Waals surface area contributed by atoms with Crippen LogP contribution in [0.2, 0.25) is 0 Å². The number of halogens is 2. The Morgan fingerprint density at radius 2 is 1.58 bits per heavy atom. The van der Waals surface area contributed by atoms with E-state index in [0.29, 0.717) is 44.4 Å². The zero-order valence-electron chi connectivity index (χ0n) is 19.9. The molecule has 0 bridgehead atoms. The molecule has 0 saturated carbocycles. The minimum absolute atomic E-state index is 0.0964. The number of dihydropyridines is 1. The van der Waals surface area contributed by atoms with Crippen LogP contribution in [-0.2, 0) is 14.4 Å². The molecule has 6 nitrogen and oxygen atoms in total. The number of hydrogen-bond acceptors (Lipinski definition) is 5. The molecule has 0 atom stereocenters. The van der Waals surface area contributed by atoms with Crippen LogP contribution >= 0.6 is 31.9 Å². The Morgan fingerprint density at radius 1 is 0.972 bits per heavy atom. The number of ketones is 2. The van der Waals surface area contributed by atoms with Crippen molar-refractivity contribution in [3.63, 3.8) is 0 Å². The summed E-state index contributed by atoms with van der Waals surface area (Å²) in [7, 11) is 0. The van der Waals surface area contributed by atoms with Crippen molar-refractivity contribution in [1.29, 1.82) is 0 Å². The van der Waals surface area contributed by atoms with E-state index >= 15 is 0 Å². The van der Waals surface area contributed by atoms with Gasteiger partial charge in [0.05, 0.1) is 8.95 Å². The number of carbonyl (C=O) groups is 3. The number of carbonyl (C=O) groups excluding carboxylic acids is 3. The van der Waals surface area contributed by atoms with Crippen LogP contribution in [0.15, 0.2) is 67.9 Å². The third kappa shape index (κ3) is 4.93. The highest BCUT2D eigenvalue weighted by atomic mass is 79.9. The lowest BCUT2D eigenvalue weighted by atomic mass is 9.71. The first-order chi connectivity index (χ1) is 17.3. The van der Waals surface area contributed by atoms with Crippen LogP contribution in [0.5, 0.6) is 5.75 Å². The van der Waals surface area contributed by atoms with E-state index in [1.165, 1.54) is 0 Å². The maximum Gasteiger partial charge on any atom is 0.262 e. The number of amides is 1. The van der Waals surface area contributed by atoms with E-state index < -0.39 is 5.92 Å². The minimum atomic E-state index is -0.400. The smallest absolute Gasteiger partial charge is 0.262 e. The molecule has 0 unspecified atom stereocenters. The summed E-state index contributed by atoms with van der Waals surface area (Å²) in [6, 6.07) is 11.4. The van der Waals surface area contributed by atoms with E-state index in [1.807, 2.05) is 43.3 Å². The Hall–Kier alpha value is -2.71. The van der Waals surface area contributed by atoms with Gasteiger partial charge in [-0.3, -0.25) is 14.4 Å². The quantitative estimate of drug-likeness (QED) is 0.417. The zero-order valence-corrected chi connectivity index (χ0v) is 23.1. The second-order valence-electron chi connectivity index (χ2n) is 9.42. The molecule has 1 heterocycles. The highest BCUT2D eigenvalue weighted by Gasteiger charge is 2.40. The van der Waals surface area contributed by atoms with Crippen molar-refractivity contribution in [2.24, 2.45) is 0 Å². The number of rotatable bonds is 5. The van der Waals surface area contributed by atoms with Crippen LogP contribution in [0.25, 0.3) is 0 Å². The Kier molecular flexibility index (Phi) is 7.17. The van der Waals surface area contributed by atoms with Gasteiger partial charge < -0.3 is 15.4 Å². The summed E-state index contributed by atoms with van der Waals surface area (Å²) in [5.74, 6) is 0.00806. The molecule has 2 N–H and O–H groups in total. The van der Waals surface area contributed by atoms with Crippen LogP contribution in [0.1, 0.15) is 55.6 Å². The fourth-order valence-electron chi connectivity index (χ4n) is 5.26. The molecular formula is C28H26Br2N2O4. The standard InChI is InChI=1S/C28H26Br2N2O4/c1-15-5-2-6-17(11-15)31-24(35)14-36-28-18(29)12-16(13-19(28)30)25-26-20(7-3-9-22(26)33)32-21-8-4-10-23(34)27(21)25/h2,5-6,11-13,25,32H,3-4,7-10,14H2,1H3,(H,31,35). The Bertz CT molecular complexity index is 1280. The van der Waals surface area contributed by atoms with Gasteiger partial charge in [0, 0.05) is 47.0 Å². The van der Waals surface area contributed by atoms with E-state index in [2.05, 4.69) is 42.5 Å². The highest BCUT2D eigenvalue weighted by molar-refractivity contribution is 9.11. The molecule has 186 valence electrons. The molecule has 2 aromatic rings. The first-order valence-electron chi connectivity index (χ1n) is 12.1. The molecule has 36 heavy (non-hydrogen) atoms. The molecule has 0 aromatic heterocycles. The average molecular weight is 614 g/mol. The van der Waals surface area contributed by atoms with Crippen LogP contribution in [0, 0.1) is 6.92 Å². The summed E-state index contributed by atoms with van der Waals surface area (Å²) < 4.78 is 7.14. The van der Waals surface area contributed by atoms with Crippen molar-refractivity contribution in [3.05, 3.63) is 79.0 Å². The van der Waals surface area contributed by atoms with Gasteiger partial charge in [-0.2, -0.15) is 0 Å². The molecule has 3 aliphatic rings.